The third kappa shape index (κ3) is 4.44. The number of carbonyl (C=O) groups is 1. The van der Waals surface area contributed by atoms with Crippen LogP contribution in [0.2, 0.25) is 0 Å². The molecule has 1 amide bonds. The van der Waals surface area contributed by atoms with Crippen molar-refractivity contribution in [3.8, 4) is 0 Å². The Morgan fingerprint density at radius 3 is 2.69 bits per heavy atom. The minimum atomic E-state index is -0.299. The van der Waals surface area contributed by atoms with Gasteiger partial charge in [0.15, 0.2) is 0 Å². The number of rotatable bonds is 5. The summed E-state index contributed by atoms with van der Waals surface area (Å²) in [6.45, 7) is 4.07. The van der Waals surface area contributed by atoms with Crippen LogP contribution >= 0.6 is 0 Å². The highest BCUT2D eigenvalue weighted by Gasteiger charge is 2.28. The zero-order valence-electron chi connectivity index (χ0n) is 19.2. The SMILES string of the molecule is O=C(NC1CC(O)C1)c1ccc2nc(CN3CCN(c4ccnc5ccc(F)cc45)CC3)[nH]c2c1. The van der Waals surface area contributed by atoms with Gasteiger partial charge in [0.25, 0.3) is 5.91 Å². The number of fused-ring (bicyclic) bond motifs is 2. The molecule has 3 N–H and O–H groups in total. The Morgan fingerprint density at radius 1 is 1.09 bits per heavy atom. The van der Waals surface area contributed by atoms with Crippen molar-refractivity contribution in [2.24, 2.45) is 0 Å². The average molecular weight is 475 g/mol. The highest BCUT2D eigenvalue weighted by Crippen LogP contribution is 2.27. The maximum Gasteiger partial charge on any atom is 0.251 e. The van der Waals surface area contributed by atoms with Crippen LogP contribution in [0, 0.1) is 5.82 Å². The summed E-state index contributed by atoms with van der Waals surface area (Å²) in [6, 6.07) is 12.2. The molecule has 35 heavy (non-hydrogen) atoms. The van der Waals surface area contributed by atoms with Crippen LogP contribution in [0.1, 0.15) is 29.0 Å². The van der Waals surface area contributed by atoms with E-state index in [1.165, 1.54) is 6.07 Å². The number of nitrogens with zero attached hydrogens (tertiary/aromatic N) is 4. The van der Waals surface area contributed by atoms with Crippen LogP contribution in [0.5, 0.6) is 0 Å². The average Bonchev–Trinajstić information content (AvgIpc) is 3.24. The first-order valence-electron chi connectivity index (χ1n) is 12.0. The van der Waals surface area contributed by atoms with Gasteiger partial charge in [0, 0.05) is 55.1 Å². The number of carbonyl (C=O) groups excluding carboxylic acids is 1. The van der Waals surface area contributed by atoms with E-state index in [-0.39, 0.29) is 23.9 Å². The van der Waals surface area contributed by atoms with Crippen molar-refractivity contribution in [2.45, 2.75) is 31.5 Å². The minimum Gasteiger partial charge on any atom is -0.393 e. The Hall–Kier alpha value is -3.56. The minimum absolute atomic E-state index is 0.0494. The van der Waals surface area contributed by atoms with Crippen LogP contribution in [-0.2, 0) is 6.54 Å². The summed E-state index contributed by atoms with van der Waals surface area (Å²) in [7, 11) is 0. The molecule has 2 aromatic carbocycles. The van der Waals surface area contributed by atoms with Gasteiger partial charge in [0.2, 0.25) is 0 Å². The van der Waals surface area contributed by atoms with Crippen molar-refractivity contribution in [3.63, 3.8) is 0 Å². The van der Waals surface area contributed by atoms with Gasteiger partial charge in [-0.25, -0.2) is 9.37 Å². The molecular formula is C26H27FN6O2. The van der Waals surface area contributed by atoms with E-state index >= 15 is 0 Å². The van der Waals surface area contributed by atoms with Crippen LogP contribution in [0.4, 0.5) is 10.1 Å². The lowest BCUT2D eigenvalue weighted by atomic mass is 9.89. The molecule has 0 spiro atoms. The number of H-pyrrole nitrogens is 1. The number of nitrogens with one attached hydrogen (secondary N) is 2. The number of imidazole rings is 1. The van der Waals surface area contributed by atoms with Crippen LogP contribution in [0.25, 0.3) is 21.9 Å². The van der Waals surface area contributed by atoms with Crippen LogP contribution in [0.3, 0.4) is 0 Å². The van der Waals surface area contributed by atoms with E-state index in [0.717, 1.165) is 59.6 Å². The van der Waals surface area contributed by atoms with Crippen molar-refractivity contribution < 1.29 is 14.3 Å². The first-order chi connectivity index (χ1) is 17.0. The molecule has 0 bridgehead atoms. The molecule has 0 atom stereocenters. The number of halogens is 1. The van der Waals surface area contributed by atoms with Gasteiger partial charge in [-0.2, -0.15) is 0 Å². The zero-order chi connectivity index (χ0) is 23.9. The second-order valence-corrected chi connectivity index (χ2v) is 9.47. The van der Waals surface area contributed by atoms with E-state index < -0.39 is 0 Å². The van der Waals surface area contributed by atoms with Gasteiger partial charge in [-0.05, 0) is 55.3 Å². The lowest BCUT2D eigenvalue weighted by molar-refractivity contribution is 0.0562. The number of anilines is 1. The molecule has 1 aliphatic carbocycles. The molecule has 0 unspecified atom stereocenters. The number of piperazine rings is 1. The lowest BCUT2D eigenvalue weighted by Gasteiger charge is -2.36. The van der Waals surface area contributed by atoms with Gasteiger partial charge in [0.05, 0.1) is 29.2 Å². The number of aliphatic hydroxyl groups is 1. The van der Waals surface area contributed by atoms with Crippen molar-refractivity contribution in [3.05, 3.63) is 65.9 Å². The number of benzene rings is 2. The molecule has 2 aliphatic rings. The second kappa shape index (κ2) is 8.90. The monoisotopic (exact) mass is 474 g/mol. The van der Waals surface area contributed by atoms with Crippen LogP contribution in [-0.4, -0.2) is 69.2 Å². The molecule has 0 radical (unpaired) electrons. The summed E-state index contributed by atoms with van der Waals surface area (Å²) in [5, 5.41) is 13.2. The lowest BCUT2D eigenvalue weighted by Crippen LogP contribution is -2.46. The maximum absolute atomic E-state index is 13.8. The Balaban J connectivity index is 1.10. The van der Waals surface area contributed by atoms with E-state index in [2.05, 4.69) is 25.1 Å². The number of pyridine rings is 1. The van der Waals surface area contributed by atoms with Crippen LogP contribution < -0.4 is 10.2 Å². The van der Waals surface area contributed by atoms with Crippen molar-refractivity contribution >= 4 is 33.5 Å². The van der Waals surface area contributed by atoms with Gasteiger partial charge in [0.1, 0.15) is 11.6 Å². The summed E-state index contributed by atoms with van der Waals surface area (Å²) >= 11 is 0. The highest BCUT2D eigenvalue weighted by molar-refractivity contribution is 5.97. The van der Waals surface area contributed by atoms with Gasteiger partial charge < -0.3 is 20.3 Å². The summed E-state index contributed by atoms with van der Waals surface area (Å²) in [6.07, 6.45) is 2.71. The molecule has 2 aromatic heterocycles. The number of aromatic nitrogens is 3. The zero-order valence-corrected chi connectivity index (χ0v) is 19.2. The molecule has 180 valence electrons. The number of aliphatic hydroxyl groups excluding tert-OH is 1. The summed E-state index contributed by atoms with van der Waals surface area (Å²) in [5.41, 5.74) is 4.07. The predicted molar refractivity (Wildman–Crippen MR) is 132 cm³/mol. The van der Waals surface area contributed by atoms with E-state index in [0.29, 0.717) is 24.9 Å². The fourth-order valence-corrected chi connectivity index (χ4v) is 4.99. The Labute approximate surface area is 201 Å². The fraction of sp³-hybridized carbons (Fsp3) is 0.346. The molecule has 3 heterocycles. The topological polar surface area (TPSA) is 97.4 Å². The van der Waals surface area contributed by atoms with E-state index in [9.17, 15) is 14.3 Å². The number of hydrogen-bond acceptors (Lipinski definition) is 6. The number of hydrogen-bond donors (Lipinski definition) is 3. The number of aromatic amines is 1. The van der Waals surface area contributed by atoms with Gasteiger partial charge in [-0.1, -0.05) is 0 Å². The van der Waals surface area contributed by atoms with Gasteiger partial charge in [-0.15, -0.1) is 0 Å². The van der Waals surface area contributed by atoms with Crippen molar-refractivity contribution in [2.75, 3.05) is 31.1 Å². The maximum atomic E-state index is 13.8. The summed E-state index contributed by atoms with van der Waals surface area (Å²) in [5.74, 6) is 0.488. The Kier molecular flexibility index (Phi) is 5.58. The second-order valence-electron chi connectivity index (χ2n) is 9.47. The number of amides is 1. The third-order valence-corrected chi connectivity index (χ3v) is 7.01. The molecule has 2 fully saturated rings. The molecule has 1 saturated carbocycles. The van der Waals surface area contributed by atoms with E-state index in [4.69, 9.17) is 4.98 Å². The molecule has 9 heteroatoms. The van der Waals surface area contributed by atoms with Crippen LogP contribution in [0.15, 0.2) is 48.7 Å². The standard InChI is InChI=1S/C26H27FN6O2/c27-17-2-4-21-20(12-17)24(5-6-28-21)33-9-7-32(8-10-33)15-25-30-22-3-1-16(11-23(22)31-25)26(35)29-18-13-19(34)14-18/h1-6,11-12,18-19,34H,7-10,13-15H2,(H,29,35)(H,30,31). The van der Waals surface area contributed by atoms with E-state index in [1.807, 2.05) is 18.2 Å². The highest BCUT2D eigenvalue weighted by atomic mass is 19.1. The molecule has 6 rings (SSSR count). The normalized spacial score (nSPS) is 20.8. The predicted octanol–water partition coefficient (Wildman–Crippen LogP) is 2.83. The Bertz CT molecular complexity index is 1390. The smallest absolute Gasteiger partial charge is 0.251 e. The van der Waals surface area contributed by atoms with Crippen molar-refractivity contribution in [1.82, 2.24) is 25.2 Å². The molecule has 1 saturated heterocycles. The largest absolute Gasteiger partial charge is 0.393 e. The molecular weight excluding hydrogens is 447 g/mol. The summed E-state index contributed by atoms with van der Waals surface area (Å²) < 4.78 is 13.8. The van der Waals surface area contributed by atoms with Gasteiger partial charge in [-0.3, -0.25) is 14.7 Å². The van der Waals surface area contributed by atoms with E-state index in [1.54, 1.807) is 24.4 Å². The van der Waals surface area contributed by atoms with Crippen molar-refractivity contribution in [1.29, 1.82) is 0 Å². The quantitative estimate of drug-likeness (QED) is 0.412. The first-order valence-corrected chi connectivity index (χ1v) is 12.0. The molecule has 1 aliphatic heterocycles. The summed E-state index contributed by atoms with van der Waals surface area (Å²) in [4.78, 5) is 29.6. The Morgan fingerprint density at radius 2 is 1.89 bits per heavy atom. The first kappa shape index (κ1) is 21.9. The third-order valence-electron chi connectivity index (χ3n) is 7.01. The fourth-order valence-electron chi connectivity index (χ4n) is 4.99. The molecule has 4 aromatic rings. The molecule has 8 nitrogen and oxygen atoms in total. The van der Waals surface area contributed by atoms with Gasteiger partial charge >= 0.3 is 0 Å².